The van der Waals surface area contributed by atoms with Crippen LogP contribution in [0.5, 0.6) is 11.5 Å². The third-order valence-corrected chi connectivity index (χ3v) is 17.0. The van der Waals surface area contributed by atoms with E-state index >= 15 is 0 Å². The highest BCUT2D eigenvalue weighted by atomic mass is 32.1. The van der Waals surface area contributed by atoms with Crippen molar-refractivity contribution in [3.8, 4) is 21.9 Å². The number of rotatable bonds is 25. The highest BCUT2D eigenvalue weighted by Crippen LogP contribution is 2.47. The number of fused-ring (bicyclic) bond motifs is 3. The minimum Gasteiger partial charge on any atom is -0.485 e. The Morgan fingerprint density at radius 3 is 2.07 bits per heavy atom. The van der Waals surface area contributed by atoms with E-state index in [1.807, 2.05) is 63.7 Å². The summed E-state index contributed by atoms with van der Waals surface area (Å²) in [5.74, 6) is 0.115. The molecule has 4 aromatic carbocycles. The zero-order valence-electron chi connectivity index (χ0n) is 50.2. The smallest absolute Gasteiger partial charge is 0.246 e. The number of thiazole rings is 1. The van der Waals surface area contributed by atoms with Crippen LogP contribution in [-0.2, 0) is 67.7 Å². The maximum atomic E-state index is 14.1. The maximum Gasteiger partial charge on any atom is 0.246 e. The Bertz CT molecular complexity index is 3190. The summed E-state index contributed by atoms with van der Waals surface area (Å²) in [6.45, 7) is 21.6. The molecule has 4 N–H and O–H groups in total. The number of nitrogens with one attached hydrogen (secondary N) is 2. The van der Waals surface area contributed by atoms with Crippen LogP contribution < -0.4 is 20.1 Å². The van der Waals surface area contributed by atoms with Crippen molar-refractivity contribution < 1.29 is 48.3 Å². The van der Waals surface area contributed by atoms with E-state index in [1.54, 1.807) is 16.0 Å². The van der Waals surface area contributed by atoms with Gasteiger partial charge in [0.2, 0.25) is 17.7 Å². The Morgan fingerprint density at radius 2 is 1.44 bits per heavy atom. The van der Waals surface area contributed by atoms with E-state index in [0.29, 0.717) is 64.6 Å². The number of aryl methyl sites for hydroxylation is 5. The predicted molar refractivity (Wildman–Crippen MR) is 322 cm³/mol. The van der Waals surface area contributed by atoms with Gasteiger partial charge in [0.1, 0.15) is 31.9 Å². The van der Waals surface area contributed by atoms with Crippen LogP contribution >= 0.6 is 11.3 Å². The first-order valence-corrected chi connectivity index (χ1v) is 30.3. The minimum absolute atomic E-state index is 0.0184. The first kappa shape index (κ1) is 62.0. The van der Waals surface area contributed by atoms with Crippen LogP contribution in [0.2, 0.25) is 0 Å². The van der Waals surface area contributed by atoms with Crippen LogP contribution in [0.3, 0.4) is 0 Å². The fourth-order valence-corrected chi connectivity index (χ4v) is 13.0. The van der Waals surface area contributed by atoms with Crippen LogP contribution in [0.25, 0.3) is 10.4 Å². The topological polar surface area (TPSA) is 212 Å². The molecule has 3 amide bonds. The van der Waals surface area contributed by atoms with Gasteiger partial charge < -0.3 is 49.4 Å². The van der Waals surface area contributed by atoms with E-state index in [0.717, 1.165) is 62.8 Å². The lowest BCUT2D eigenvalue weighted by atomic mass is 9.75. The summed E-state index contributed by atoms with van der Waals surface area (Å²) >= 11 is 1.57. The molecule has 5 heterocycles. The third kappa shape index (κ3) is 16.2. The molecule has 450 valence electrons. The molecule has 0 radical (unpaired) electrons. The molecule has 6 aromatic rings. The van der Waals surface area contributed by atoms with Crippen LogP contribution in [0.15, 0.2) is 84.5 Å². The van der Waals surface area contributed by atoms with Crippen molar-refractivity contribution in [2.45, 2.75) is 157 Å². The highest BCUT2D eigenvalue weighted by molar-refractivity contribution is 7.13. The molecule has 0 spiro atoms. The number of carbonyl (C=O) groups excluding carboxylic acids is 3. The zero-order chi connectivity index (χ0) is 59.7. The largest absolute Gasteiger partial charge is 0.485 e. The SMILES string of the molecule is Cc1cc(C)cc(COc2cc3c(cc2OCc2cc(C)cc(C)c2)C2CC(O)(Cc4cn(CCOCCOCCOCC(=O)N[C@H](C(=O)N5C[C@H](O)C[C@H]5C(=O)NCc5ccc(-c6scnc6C)cc5)C(C)(C)C)nn4)CC(C)N2CC3)c1. The van der Waals surface area contributed by atoms with Gasteiger partial charge in [0, 0.05) is 50.8 Å². The Kier molecular flexibility index (Phi) is 20.4. The van der Waals surface area contributed by atoms with Gasteiger partial charge in [-0.1, -0.05) is 109 Å². The number of aliphatic hydroxyl groups excluding tert-OH is 1. The van der Waals surface area contributed by atoms with Crippen molar-refractivity contribution in [2.75, 3.05) is 52.7 Å². The summed E-state index contributed by atoms with van der Waals surface area (Å²) in [5, 5.41) is 37.6. The summed E-state index contributed by atoms with van der Waals surface area (Å²) in [5.41, 5.74) is 13.1. The number of amides is 3. The minimum atomic E-state index is -1.01. The van der Waals surface area contributed by atoms with E-state index in [9.17, 15) is 24.6 Å². The van der Waals surface area contributed by atoms with Gasteiger partial charge in [-0.15, -0.1) is 16.4 Å². The average Bonchev–Trinajstić information content (AvgIpc) is 1.31. The second-order valence-corrected chi connectivity index (χ2v) is 25.3. The fourth-order valence-electron chi connectivity index (χ4n) is 12.2. The fraction of sp³-hybridized carbons (Fsp3) is 0.508. The van der Waals surface area contributed by atoms with Crippen molar-refractivity contribution in [1.82, 2.24) is 40.4 Å². The third-order valence-electron chi connectivity index (χ3n) is 16.0. The van der Waals surface area contributed by atoms with Crippen LogP contribution in [-0.4, -0.2) is 140 Å². The van der Waals surface area contributed by atoms with Gasteiger partial charge in [-0.3, -0.25) is 19.3 Å². The van der Waals surface area contributed by atoms with Crippen LogP contribution in [0.1, 0.15) is 114 Å². The molecule has 3 unspecified atom stereocenters. The number of ether oxygens (including phenoxy) is 5. The number of aliphatic hydroxyl groups is 2. The van der Waals surface area contributed by atoms with Gasteiger partial charge in [-0.25, -0.2) is 9.67 Å². The van der Waals surface area contributed by atoms with Crippen molar-refractivity contribution >= 4 is 29.1 Å². The number of hydrogen-bond donors (Lipinski definition) is 4. The molecule has 18 nitrogen and oxygen atoms in total. The number of likely N-dealkylation sites (tertiary alicyclic amines) is 1. The molecule has 2 aromatic heterocycles. The Hall–Kier alpha value is -6.58. The Morgan fingerprint density at radius 1 is 0.810 bits per heavy atom. The van der Waals surface area contributed by atoms with E-state index < -0.39 is 41.0 Å². The molecule has 84 heavy (non-hydrogen) atoms. The van der Waals surface area contributed by atoms with Crippen LogP contribution in [0, 0.1) is 40.0 Å². The van der Waals surface area contributed by atoms with Crippen LogP contribution in [0.4, 0.5) is 0 Å². The molecule has 3 aliphatic rings. The second kappa shape index (κ2) is 27.6. The van der Waals surface area contributed by atoms with Gasteiger partial charge in [0.05, 0.1) is 73.1 Å². The average molecular weight is 1170 g/mol. The molecule has 19 heteroatoms. The zero-order valence-corrected chi connectivity index (χ0v) is 51.1. The number of carbonyl (C=O) groups is 3. The lowest BCUT2D eigenvalue weighted by Crippen LogP contribution is -2.58. The van der Waals surface area contributed by atoms with Crippen molar-refractivity contribution in [1.29, 1.82) is 0 Å². The lowest BCUT2D eigenvalue weighted by molar-refractivity contribution is -0.144. The maximum absolute atomic E-state index is 14.1. The molecular weight excluding hydrogens is 1080 g/mol. The monoisotopic (exact) mass is 1170 g/mol. The van der Waals surface area contributed by atoms with E-state index in [1.165, 1.54) is 32.7 Å². The Labute approximate surface area is 498 Å². The van der Waals surface area contributed by atoms with Gasteiger partial charge in [0.15, 0.2) is 11.5 Å². The number of nitrogens with zero attached hydrogens (tertiary/aromatic N) is 6. The summed E-state index contributed by atoms with van der Waals surface area (Å²) in [4.78, 5) is 50.0. The number of hydrogen-bond acceptors (Lipinski definition) is 15. The predicted octanol–water partition coefficient (Wildman–Crippen LogP) is 8.02. The van der Waals surface area contributed by atoms with E-state index in [4.69, 9.17) is 23.7 Å². The number of aromatic nitrogens is 4. The summed E-state index contributed by atoms with van der Waals surface area (Å²) in [7, 11) is 0. The molecule has 3 aliphatic heterocycles. The molecule has 9 rings (SSSR count). The standard InChI is InChI=1S/C65H84N8O10S/c1-41-22-42(2)25-48(24-41)37-82-57-28-51-14-15-72-45(5)31-65(78,33-56(72)54(51)30-58(57)83-38-49-26-43(3)23-44(4)27-49)32-52-35-71(70-69-52)16-17-79-18-19-80-20-21-81-39-59(75)68-61(64(7,8)9)63(77)73-36-53(74)29-55(73)62(76)66-34-47-10-12-50(13-11-47)60-46(6)67-40-84-60/h10-13,22-28,30,35,40,45,53,55-56,61,74,78H,14-21,29,31-34,36-39H2,1-9H3,(H,66,76)(H,68,75)/t45?,53-,55+,56?,61-,65?/m1/s1. The molecule has 0 saturated carbocycles. The second-order valence-electron chi connectivity index (χ2n) is 24.4. The van der Waals surface area contributed by atoms with E-state index in [2.05, 4.69) is 114 Å². The Balaban J connectivity index is 0.693. The summed E-state index contributed by atoms with van der Waals surface area (Å²) < 4.78 is 32.1. The molecule has 6 atom stereocenters. The van der Waals surface area contributed by atoms with Crippen molar-refractivity contribution in [3.05, 3.63) is 146 Å². The first-order valence-electron chi connectivity index (χ1n) is 29.4. The van der Waals surface area contributed by atoms with Gasteiger partial charge in [-0.05, 0) is 112 Å². The normalized spacial score (nSPS) is 20.1. The lowest BCUT2D eigenvalue weighted by Gasteiger charge is -2.50. The van der Waals surface area contributed by atoms with Gasteiger partial charge in [-0.2, -0.15) is 0 Å². The summed E-state index contributed by atoms with van der Waals surface area (Å²) in [6, 6.07) is 23.4. The first-order chi connectivity index (χ1) is 40.2. The molecule has 2 saturated heterocycles. The summed E-state index contributed by atoms with van der Waals surface area (Å²) in [6.07, 6.45) is 3.49. The van der Waals surface area contributed by atoms with Gasteiger partial charge >= 0.3 is 0 Å². The number of β-amino-alcohol motifs (C(OH)–C–C–N with tert-alkyl or cyclic N) is 1. The van der Waals surface area contributed by atoms with Gasteiger partial charge in [0.25, 0.3) is 0 Å². The highest BCUT2D eigenvalue weighted by Gasteiger charge is 2.46. The quantitative estimate of drug-likeness (QED) is 0.0400. The molecular formula is C65H84N8O10S. The number of benzene rings is 4. The van der Waals surface area contributed by atoms with Crippen molar-refractivity contribution in [3.63, 3.8) is 0 Å². The molecule has 2 fully saturated rings. The number of piperidine rings is 1. The van der Waals surface area contributed by atoms with E-state index in [-0.39, 0.29) is 57.3 Å². The molecule has 0 bridgehead atoms. The molecule has 0 aliphatic carbocycles. The van der Waals surface area contributed by atoms with Crippen molar-refractivity contribution in [2.24, 2.45) is 5.41 Å².